The molecule has 29 heavy (non-hydrogen) atoms. The summed E-state index contributed by atoms with van der Waals surface area (Å²) >= 11 is 0. The second-order valence-corrected chi connectivity index (χ2v) is 8.22. The van der Waals surface area contributed by atoms with Crippen LogP contribution in [0.2, 0.25) is 0 Å². The number of amides is 2. The van der Waals surface area contributed by atoms with Gasteiger partial charge in [-0.1, -0.05) is 19.3 Å². The summed E-state index contributed by atoms with van der Waals surface area (Å²) in [5.41, 5.74) is 0.225. The normalized spacial score (nSPS) is 26.7. The molecular weight excluding hydrogens is 483 g/mol. The molecule has 2 saturated carbocycles. The van der Waals surface area contributed by atoms with E-state index in [1.165, 1.54) is 37.0 Å². The Hall–Kier alpha value is -0.900. The topological polar surface area (TPSA) is 83.0 Å². The number of imide groups is 1. The lowest BCUT2D eigenvalue weighted by Crippen LogP contribution is -2.66. The Bertz CT molecular complexity index is 576. The first-order valence-electron chi connectivity index (χ1n) is 11.1. The van der Waals surface area contributed by atoms with Gasteiger partial charge >= 0.3 is 0 Å². The van der Waals surface area contributed by atoms with Gasteiger partial charge in [-0.25, -0.2) is 0 Å². The molecule has 1 spiro atoms. The van der Waals surface area contributed by atoms with E-state index in [0.717, 1.165) is 25.5 Å². The highest BCUT2D eigenvalue weighted by atomic mass is 127. The maximum absolute atomic E-state index is 12.0. The van der Waals surface area contributed by atoms with Gasteiger partial charge in [0.1, 0.15) is 0 Å². The molecule has 166 valence electrons. The number of hydrogen-bond acceptors (Lipinski definition) is 4. The molecule has 2 N–H and O–H groups in total. The van der Waals surface area contributed by atoms with E-state index in [0.29, 0.717) is 44.5 Å². The number of nitrogens with one attached hydrogen (secondary N) is 2. The van der Waals surface area contributed by atoms with Gasteiger partial charge in [-0.3, -0.25) is 19.5 Å². The Morgan fingerprint density at radius 1 is 1.14 bits per heavy atom. The number of carbonyl (C=O) groups is 2. The first kappa shape index (κ1) is 24.4. The summed E-state index contributed by atoms with van der Waals surface area (Å²) in [6, 6.07) is 0.375. The summed E-state index contributed by atoms with van der Waals surface area (Å²) < 4.78 is 6.05. The van der Waals surface area contributed by atoms with Crippen LogP contribution in [0.4, 0.5) is 0 Å². The average Bonchev–Trinajstić information content (AvgIpc) is 2.70. The van der Waals surface area contributed by atoms with Crippen molar-refractivity contribution in [1.82, 2.24) is 15.5 Å². The van der Waals surface area contributed by atoms with Crippen LogP contribution in [0.1, 0.15) is 71.6 Å². The molecule has 2 aliphatic carbocycles. The molecule has 3 aliphatic rings. The molecule has 0 bridgehead atoms. The smallest absolute Gasteiger partial charge is 0.229 e. The zero-order chi connectivity index (χ0) is 20.0. The highest BCUT2D eigenvalue weighted by Crippen LogP contribution is 2.53. The minimum atomic E-state index is -0.0656. The summed E-state index contributed by atoms with van der Waals surface area (Å²) in [6.45, 7) is 6.47. The van der Waals surface area contributed by atoms with E-state index in [1.54, 1.807) is 0 Å². The van der Waals surface area contributed by atoms with Gasteiger partial charge in [-0.05, 0) is 39.5 Å². The highest BCUT2D eigenvalue weighted by Gasteiger charge is 2.55. The van der Waals surface area contributed by atoms with Crippen molar-refractivity contribution >= 4 is 41.8 Å². The predicted octanol–water partition coefficient (Wildman–Crippen LogP) is 2.83. The fraction of sp³-hybridized carbons (Fsp3) is 0.857. The number of halogens is 1. The van der Waals surface area contributed by atoms with Gasteiger partial charge in [-0.15, -0.1) is 24.0 Å². The molecule has 1 aliphatic heterocycles. The van der Waals surface area contributed by atoms with Crippen LogP contribution < -0.4 is 10.6 Å². The molecule has 0 aromatic rings. The van der Waals surface area contributed by atoms with Crippen molar-refractivity contribution in [2.24, 2.45) is 10.4 Å². The summed E-state index contributed by atoms with van der Waals surface area (Å²) in [5, 5.41) is 6.95. The lowest BCUT2D eigenvalue weighted by Gasteiger charge is -2.58. The van der Waals surface area contributed by atoms with Crippen molar-refractivity contribution in [2.45, 2.75) is 83.8 Å². The first-order valence-corrected chi connectivity index (χ1v) is 11.1. The molecule has 0 radical (unpaired) electrons. The number of guanidine groups is 1. The molecular formula is C21H37IN4O3. The molecule has 8 heteroatoms. The number of likely N-dealkylation sites (tertiary alicyclic amines) is 1. The van der Waals surface area contributed by atoms with E-state index < -0.39 is 0 Å². The van der Waals surface area contributed by atoms with Gasteiger partial charge in [0.15, 0.2) is 5.96 Å². The van der Waals surface area contributed by atoms with Crippen LogP contribution in [-0.2, 0) is 14.3 Å². The maximum Gasteiger partial charge on any atom is 0.229 e. The van der Waals surface area contributed by atoms with Crippen LogP contribution in [0.25, 0.3) is 0 Å². The number of hydrogen-bond donors (Lipinski definition) is 2. The average molecular weight is 520 g/mol. The molecule has 0 aromatic heterocycles. The monoisotopic (exact) mass is 520 g/mol. The summed E-state index contributed by atoms with van der Waals surface area (Å²) in [5.74, 6) is 0.650. The number of aliphatic imine (C=N–C) groups is 1. The lowest BCUT2D eigenvalue weighted by molar-refractivity contribution is -0.147. The minimum Gasteiger partial charge on any atom is -0.378 e. The molecule has 1 heterocycles. The number of nitrogens with zero attached hydrogens (tertiary/aromatic N) is 2. The van der Waals surface area contributed by atoms with E-state index in [9.17, 15) is 9.59 Å². The summed E-state index contributed by atoms with van der Waals surface area (Å²) in [7, 11) is 0. The van der Waals surface area contributed by atoms with E-state index >= 15 is 0 Å². The van der Waals surface area contributed by atoms with Crippen LogP contribution in [-0.4, -0.2) is 61.1 Å². The third-order valence-corrected chi connectivity index (χ3v) is 6.57. The Balaban J connectivity index is 0.00000300. The molecule has 2 atom stereocenters. The van der Waals surface area contributed by atoms with Crippen LogP contribution >= 0.6 is 24.0 Å². The highest BCUT2D eigenvalue weighted by molar-refractivity contribution is 14.0. The summed E-state index contributed by atoms with van der Waals surface area (Å²) in [4.78, 5) is 29.9. The van der Waals surface area contributed by atoms with E-state index in [1.807, 2.05) is 0 Å². The fourth-order valence-corrected chi connectivity index (χ4v) is 5.06. The molecule has 0 aromatic carbocycles. The van der Waals surface area contributed by atoms with Crippen molar-refractivity contribution in [1.29, 1.82) is 0 Å². The van der Waals surface area contributed by atoms with Crippen molar-refractivity contribution in [3.63, 3.8) is 0 Å². The van der Waals surface area contributed by atoms with Crippen molar-refractivity contribution < 1.29 is 14.3 Å². The lowest BCUT2D eigenvalue weighted by atomic mass is 9.55. The van der Waals surface area contributed by atoms with Gasteiger partial charge in [0, 0.05) is 44.0 Å². The molecule has 2 unspecified atom stereocenters. The van der Waals surface area contributed by atoms with Crippen LogP contribution in [0.3, 0.4) is 0 Å². The standard InChI is InChI=1S/C21H36N4O3.HI/c1-3-22-20(23-13-14-25-18(26)9-8-10-19(25)27)24-16-15-17(28-4-2)21(16)11-6-5-7-12-21;/h16-17H,3-15H2,1-2H3,(H2,22,23,24);1H. The first-order chi connectivity index (χ1) is 13.6. The predicted molar refractivity (Wildman–Crippen MR) is 124 cm³/mol. The van der Waals surface area contributed by atoms with Gasteiger partial charge in [0.2, 0.25) is 11.8 Å². The zero-order valence-corrected chi connectivity index (χ0v) is 20.2. The number of carbonyl (C=O) groups excluding carboxylic acids is 2. The zero-order valence-electron chi connectivity index (χ0n) is 17.9. The van der Waals surface area contributed by atoms with E-state index in [4.69, 9.17) is 4.74 Å². The molecule has 3 rings (SSSR count). The summed E-state index contributed by atoms with van der Waals surface area (Å²) in [6.07, 6.45) is 9.27. The third-order valence-electron chi connectivity index (χ3n) is 6.57. The Morgan fingerprint density at radius 3 is 2.45 bits per heavy atom. The van der Waals surface area contributed by atoms with Gasteiger partial charge in [0.05, 0.1) is 12.6 Å². The van der Waals surface area contributed by atoms with E-state index in [-0.39, 0.29) is 41.2 Å². The van der Waals surface area contributed by atoms with Crippen LogP contribution in [0.5, 0.6) is 0 Å². The Labute approximate surface area is 191 Å². The van der Waals surface area contributed by atoms with Gasteiger partial charge in [0.25, 0.3) is 0 Å². The molecule has 3 fully saturated rings. The van der Waals surface area contributed by atoms with Crippen molar-refractivity contribution in [3.05, 3.63) is 0 Å². The molecule has 2 amide bonds. The van der Waals surface area contributed by atoms with Crippen LogP contribution in [0, 0.1) is 5.41 Å². The number of piperidine rings is 1. The van der Waals surface area contributed by atoms with Crippen molar-refractivity contribution in [3.8, 4) is 0 Å². The third kappa shape index (κ3) is 5.62. The van der Waals surface area contributed by atoms with E-state index in [2.05, 4.69) is 29.5 Å². The van der Waals surface area contributed by atoms with Gasteiger partial charge in [-0.2, -0.15) is 0 Å². The minimum absolute atomic E-state index is 0. The Morgan fingerprint density at radius 2 is 1.83 bits per heavy atom. The van der Waals surface area contributed by atoms with Crippen LogP contribution in [0.15, 0.2) is 4.99 Å². The number of rotatable bonds is 7. The Kier molecular flexibility index (Phi) is 9.65. The fourth-order valence-electron chi connectivity index (χ4n) is 5.06. The second-order valence-electron chi connectivity index (χ2n) is 8.22. The largest absolute Gasteiger partial charge is 0.378 e. The molecule has 1 saturated heterocycles. The number of ether oxygens (including phenoxy) is 1. The maximum atomic E-state index is 12.0. The van der Waals surface area contributed by atoms with Gasteiger partial charge < -0.3 is 15.4 Å². The van der Waals surface area contributed by atoms with Crippen molar-refractivity contribution in [2.75, 3.05) is 26.2 Å². The quantitative estimate of drug-likeness (QED) is 0.234. The SMILES string of the molecule is CCNC(=NCCN1C(=O)CCCC1=O)NC1CC(OCC)C12CCCCC2.I. The second kappa shape index (κ2) is 11.5. The molecule has 7 nitrogen and oxygen atoms in total.